The molecule has 0 spiro atoms. The molecule has 2 fully saturated rings. The molecular formula is C21H25NO6. The minimum atomic E-state index is -1.57. The number of pyridine rings is 1. The number of hydrogen-bond donors (Lipinski definition) is 2. The van der Waals surface area contributed by atoms with E-state index in [1.165, 1.54) is 7.11 Å². The van der Waals surface area contributed by atoms with E-state index in [1.807, 2.05) is 48.5 Å². The van der Waals surface area contributed by atoms with E-state index in [2.05, 4.69) is 4.98 Å². The van der Waals surface area contributed by atoms with E-state index in [4.69, 9.17) is 18.9 Å². The van der Waals surface area contributed by atoms with Gasteiger partial charge in [-0.1, -0.05) is 36.4 Å². The second-order valence-corrected chi connectivity index (χ2v) is 7.17. The maximum Gasteiger partial charge on any atom is 0.186 e. The van der Waals surface area contributed by atoms with Gasteiger partial charge < -0.3 is 29.2 Å². The smallest absolute Gasteiger partial charge is 0.186 e. The number of aliphatic hydroxyl groups excluding tert-OH is 1. The molecule has 1 aromatic carbocycles. The average molecular weight is 387 g/mol. The van der Waals surface area contributed by atoms with E-state index in [1.54, 1.807) is 6.20 Å². The molecular weight excluding hydrogens is 362 g/mol. The van der Waals surface area contributed by atoms with Crippen LogP contribution in [0.15, 0.2) is 54.7 Å². The summed E-state index contributed by atoms with van der Waals surface area (Å²) in [5, 5.41) is 22.4. The van der Waals surface area contributed by atoms with Gasteiger partial charge in [-0.25, -0.2) is 0 Å². The molecule has 0 bridgehead atoms. The van der Waals surface area contributed by atoms with Crippen molar-refractivity contribution in [2.45, 2.75) is 49.3 Å². The van der Waals surface area contributed by atoms with Crippen molar-refractivity contribution in [3.8, 4) is 0 Å². The molecule has 2 saturated heterocycles. The third-order valence-corrected chi connectivity index (χ3v) is 5.40. The van der Waals surface area contributed by atoms with Gasteiger partial charge in [-0.2, -0.15) is 0 Å². The average Bonchev–Trinajstić information content (AvgIpc) is 2.76. The van der Waals surface area contributed by atoms with Crippen molar-refractivity contribution in [2.75, 3.05) is 13.7 Å². The highest BCUT2D eigenvalue weighted by Crippen LogP contribution is 2.41. The van der Waals surface area contributed by atoms with Gasteiger partial charge in [0.25, 0.3) is 0 Å². The third-order valence-electron chi connectivity index (χ3n) is 5.40. The molecule has 6 atom stereocenters. The van der Waals surface area contributed by atoms with E-state index >= 15 is 0 Å². The Morgan fingerprint density at radius 3 is 2.64 bits per heavy atom. The number of aliphatic hydroxyl groups is 2. The Labute approximate surface area is 163 Å². The Morgan fingerprint density at radius 2 is 1.93 bits per heavy atom. The second kappa shape index (κ2) is 8.24. The van der Waals surface area contributed by atoms with E-state index in [0.717, 1.165) is 11.3 Å². The summed E-state index contributed by atoms with van der Waals surface area (Å²) in [4.78, 5) is 4.30. The molecule has 28 heavy (non-hydrogen) atoms. The summed E-state index contributed by atoms with van der Waals surface area (Å²) in [7, 11) is 1.44. The molecule has 7 heteroatoms. The predicted molar refractivity (Wildman–Crippen MR) is 99.2 cm³/mol. The van der Waals surface area contributed by atoms with Crippen molar-refractivity contribution < 1.29 is 29.2 Å². The molecule has 0 saturated carbocycles. The minimum absolute atomic E-state index is 0.225. The Balaban J connectivity index is 1.58. The maximum atomic E-state index is 11.5. The van der Waals surface area contributed by atoms with Crippen LogP contribution < -0.4 is 0 Å². The Hall–Kier alpha value is -1.87. The summed E-state index contributed by atoms with van der Waals surface area (Å²) < 4.78 is 23.0. The van der Waals surface area contributed by atoms with Crippen molar-refractivity contribution in [2.24, 2.45) is 0 Å². The van der Waals surface area contributed by atoms with Crippen molar-refractivity contribution in [3.05, 3.63) is 66.0 Å². The van der Waals surface area contributed by atoms with Gasteiger partial charge in [0.05, 0.1) is 6.61 Å². The highest BCUT2D eigenvalue weighted by Gasteiger charge is 2.58. The molecule has 3 heterocycles. The summed E-state index contributed by atoms with van der Waals surface area (Å²) >= 11 is 0. The first-order chi connectivity index (χ1) is 13.6. The molecule has 4 rings (SSSR count). The van der Waals surface area contributed by atoms with Crippen molar-refractivity contribution >= 4 is 0 Å². The van der Waals surface area contributed by atoms with Crippen LogP contribution in [0.5, 0.6) is 0 Å². The van der Waals surface area contributed by atoms with Gasteiger partial charge in [0.15, 0.2) is 12.6 Å². The largest absolute Gasteiger partial charge is 0.385 e. The highest BCUT2D eigenvalue weighted by atomic mass is 16.8. The van der Waals surface area contributed by atoms with Crippen molar-refractivity contribution in [3.63, 3.8) is 0 Å². The predicted octanol–water partition coefficient (Wildman–Crippen LogP) is 1.59. The SMILES string of the molecule is CO[C@H]1OC2COC(c3ccccc3)O[C@H]2C(O)(CCc2ccccn2)C1O. The topological polar surface area (TPSA) is 90.3 Å². The monoisotopic (exact) mass is 387 g/mol. The number of nitrogens with zero attached hydrogens (tertiary/aromatic N) is 1. The molecule has 150 valence electrons. The van der Waals surface area contributed by atoms with Crippen molar-refractivity contribution in [1.82, 2.24) is 4.98 Å². The molecule has 2 aliphatic rings. The lowest BCUT2D eigenvalue weighted by Crippen LogP contribution is -2.69. The van der Waals surface area contributed by atoms with Crippen LogP contribution in [-0.2, 0) is 25.4 Å². The van der Waals surface area contributed by atoms with Crippen LogP contribution in [0.3, 0.4) is 0 Å². The molecule has 2 aliphatic heterocycles. The van der Waals surface area contributed by atoms with Crippen LogP contribution in [0, 0.1) is 0 Å². The summed E-state index contributed by atoms with van der Waals surface area (Å²) in [6.45, 7) is 0.225. The minimum Gasteiger partial charge on any atom is -0.385 e. The molecule has 2 aromatic rings. The quantitative estimate of drug-likeness (QED) is 0.805. The van der Waals surface area contributed by atoms with Gasteiger partial charge in [0.2, 0.25) is 0 Å². The van der Waals surface area contributed by atoms with Gasteiger partial charge >= 0.3 is 0 Å². The fourth-order valence-electron chi connectivity index (χ4n) is 3.86. The van der Waals surface area contributed by atoms with Gasteiger partial charge in [-0.05, 0) is 25.0 Å². The third kappa shape index (κ3) is 3.69. The van der Waals surface area contributed by atoms with Gasteiger partial charge in [0, 0.05) is 24.6 Å². The number of fused-ring (bicyclic) bond motifs is 1. The van der Waals surface area contributed by atoms with E-state index in [9.17, 15) is 10.2 Å². The Kier molecular flexibility index (Phi) is 5.73. The number of ether oxygens (including phenoxy) is 4. The molecule has 0 amide bonds. The molecule has 0 radical (unpaired) electrons. The zero-order valence-electron chi connectivity index (χ0n) is 15.7. The maximum absolute atomic E-state index is 11.5. The van der Waals surface area contributed by atoms with Crippen LogP contribution in [0.2, 0.25) is 0 Å². The first-order valence-corrected chi connectivity index (χ1v) is 9.42. The highest BCUT2D eigenvalue weighted by molar-refractivity contribution is 5.17. The van der Waals surface area contributed by atoms with E-state index < -0.39 is 36.5 Å². The van der Waals surface area contributed by atoms with Crippen LogP contribution in [0.25, 0.3) is 0 Å². The number of aryl methyl sites for hydroxylation is 1. The lowest BCUT2D eigenvalue weighted by atomic mass is 9.79. The zero-order valence-corrected chi connectivity index (χ0v) is 15.7. The number of benzene rings is 1. The van der Waals surface area contributed by atoms with Gasteiger partial charge in [-0.15, -0.1) is 0 Å². The van der Waals surface area contributed by atoms with Crippen molar-refractivity contribution in [1.29, 1.82) is 0 Å². The van der Waals surface area contributed by atoms with Crippen LogP contribution in [0.4, 0.5) is 0 Å². The first-order valence-electron chi connectivity index (χ1n) is 9.42. The fraction of sp³-hybridized carbons (Fsp3) is 0.476. The lowest BCUT2D eigenvalue weighted by Gasteiger charge is -2.52. The Bertz CT molecular complexity index is 760. The number of aromatic nitrogens is 1. The van der Waals surface area contributed by atoms with E-state index in [0.29, 0.717) is 6.42 Å². The standard InChI is InChI=1S/C21H25NO6/c1-25-20-17(23)21(24,11-10-15-9-5-6-12-22-15)18-16(27-20)13-26-19(28-18)14-7-3-2-4-8-14/h2-9,12,16-20,23-24H,10-11,13H2,1H3/t16?,17?,18-,19?,20+,21?/m1/s1. The molecule has 1 aromatic heterocycles. The first kappa shape index (κ1) is 19.4. The van der Waals surface area contributed by atoms with E-state index in [-0.39, 0.29) is 13.0 Å². The van der Waals surface area contributed by atoms with Crippen LogP contribution >= 0.6 is 0 Å². The fourth-order valence-corrected chi connectivity index (χ4v) is 3.86. The van der Waals surface area contributed by atoms with Crippen LogP contribution in [0.1, 0.15) is 24.0 Å². The number of rotatable bonds is 5. The van der Waals surface area contributed by atoms with Crippen LogP contribution in [-0.4, -0.2) is 59.1 Å². The normalized spacial score (nSPS) is 35.3. The van der Waals surface area contributed by atoms with Gasteiger partial charge in [0.1, 0.15) is 23.9 Å². The molecule has 7 nitrogen and oxygen atoms in total. The number of hydrogen-bond acceptors (Lipinski definition) is 7. The molecule has 0 aliphatic carbocycles. The Morgan fingerprint density at radius 1 is 1.14 bits per heavy atom. The second-order valence-electron chi connectivity index (χ2n) is 7.17. The molecule has 2 N–H and O–H groups in total. The summed E-state index contributed by atoms with van der Waals surface area (Å²) in [5.41, 5.74) is 0.0981. The lowest BCUT2D eigenvalue weighted by molar-refractivity contribution is -0.384. The van der Waals surface area contributed by atoms with Gasteiger partial charge in [-0.3, -0.25) is 4.98 Å². The summed E-state index contributed by atoms with van der Waals surface area (Å²) in [6, 6.07) is 15.1. The zero-order chi connectivity index (χ0) is 19.6. The molecule has 4 unspecified atom stereocenters. The summed E-state index contributed by atoms with van der Waals surface area (Å²) in [6.07, 6.45) is -1.76. The number of methoxy groups -OCH3 is 1. The summed E-state index contributed by atoms with van der Waals surface area (Å²) in [5.74, 6) is 0.